The van der Waals surface area contributed by atoms with Gasteiger partial charge in [-0.3, -0.25) is 4.79 Å². The fourth-order valence-electron chi connectivity index (χ4n) is 2.09. The number of nitrogens with one attached hydrogen (secondary N) is 1. The Labute approximate surface area is 154 Å². The van der Waals surface area contributed by atoms with Crippen LogP contribution in [0.5, 0.6) is 0 Å². The first-order chi connectivity index (χ1) is 11.3. The van der Waals surface area contributed by atoms with Crippen molar-refractivity contribution in [3.8, 4) is 0 Å². The standard InChI is InChI=1S/C17H14Cl3NO3/c1-9-3-4-12(10(2)5-9)17(23)24-8-15(22)21-16-13(19)6-11(18)7-14(16)20/h3-7H,8H2,1-2H3,(H,21,22). The van der Waals surface area contributed by atoms with Gasteiger partial charge in [-0.05, 0) is 37.6 Å². The summed E-state index contributed by atoms with van der Waals surface area (Å²) < 4.78 is 5.02. The second-order valence-electron chi connectivity index (χ2n) is 5.19. The van der Waals surface area contributed by atoms with Crippen molar-refractivity contribution in [2.45, 2.75) is 13.8 Å². The molecule has 0 heterocycles. The molecule has 0 saturated heterocycles. The molecule has 7 heteroatoms. The molecule has 4 nitrogen and oxygen atoms in total. The maximum atomic E-state index is 12.0. The van der Waals surface area contributed by atoms with Crippen molar-refractivity contribution >= 4 is 52.4 Å². The minimum absolute atomic E-state index is 0.196. The maximum absolute atomic E-state index is 12.0. The number of hydrogen-bond acceptors (Lipinski definition) is 3. The van der Waals surface area contributed by atoms with Gasteiger partial charge in [0.25, 0.3) is 5.91 Å². The van der Waals surface area contributed by atoms with Gasteiger partial charge in [0.2, 0.25) is 0 Å². The van der Waals surface area contributed by atoms with Gasteiger partial charge in [0, 0.05) is 5.02 Å². The number of rotatable bonds is 4. The lowest BCUT2D eigenvalue weighted by atomic mass is 10.1. The fraction of sp³-hybridized carbons (Fsp3) is 0.176. The first-order valence-corrected chi connectivity index (χ1v) is 8.10. The quantitative estimate of drug-likeness (QED) is 0.747. The number of halogens is 3. The van der Waals surface area contributed by atoms with Crippen molar-refractivity contribution < 1.29 is 14.3 Å². The van der Waals surface area contributed by atoms with Crippen molar-refractivity contribution in [3.05, 3.63) is 62.1 Å². The van der Waals surface area contributed by atoms with Crippen molar-refractivity contribution in [1.82, 2.24) is 0 Å². The Bertz CT molecular complexity index is 783. The maximum Gasteiger partial charge on any atom is 0.338 e. The average Bonchev–Trinajstić information content (AvgIpc) is 2.48. The number of benzene rings is 2. The largest absolute Gasteiger partial charge is 0.452 e. The van der Waals surface area contributed by atoms with E-state index in [1.807, 2.05) is 13.0 Å². The third-order valence-electron chi connectivity index (χ3n) is 3.21. The number of carbonyl (C=O) groups is 2. The SMILES string of the molecule is Cc1ccc(C(=O)OCC(=O)Nc2c(Cl)cc(Cl)cc2Cl)c(C)c1. The highest BCUT2D eigenvalue weighted by Gasteiger charge is 2.15. The Hall–Kier alpha value is -1.75. The van der Waals surface area contributed by atoms with Crippen LogP contribution >= 0.6 is 34.8 Å². The van der Waals surface area contributed by atoms with Crippen LogP contribution in [0.1, 0.15) is 21.5 Å². The van der Waals surface area contributed by atoms with Gasteiger partial charge in [0.15, 0.2) is 6.61 Å². The van der Waals surface area contributed by atoms with Gasteiger partial charge >= 0.3 is 5.97 Å². The van der Waals surface area contributed by atoms with Crippen LogP contribution in [-0.4, -0.2) is 18.5 Å². The molecule has 0 spiro atoms. The Balaban J connectivity index is 2.00. The van der Waals surface area contributed by atoms with Crippen LogP contribution in [0.2, 0.25) is 15.1 Å². The predicted octanol–water partition coefficient (Wildman–Crippen LogP) is 5.06. The summed E-state index contributed by atoms with van der Waals surface area (Å²) in [5, 5.41) is 3.24. The van der Waals surface area contributed by atoms with Crippen LogP contribution in [0.15, 0.2) is 30.3 Å². The lowest BCUT2D eigenvalue weighted by molar-refractivity contribution is -0.119. The number of ether oxygens (including phenoxy) is 1. The average molecular weight is 387 g/mol. The third-order valence-corrected chi connectivity index (χ3v) is 4.02. The normalized spacial score (nSPS) is 10.4. The first-order valence-electron chi connectivity index (χ1n) is 6.96. The molecule has 0 aliphatic rings. The van der Waals surface area contributed by atoms with Gasteiger partial charge in [-0.2, -0.15) is 0 Å². The molecule has 0 aliphatic heterocycles. The highest BCUT2D eigenvalue weighted by Crippen LogP contribution is 2.33. The fourth-order valence-corrected chi connectivity index (χ4v) is 3.00. The van der Waals surface area contributed by atoms with Crippen molar-refractivity contribution in [2.75, 3.05) is 11.9 Å². The van der Waals surface area contributed by atoms with E-state index in [9.17, 15) is 9.59 Å². The molecule has 0 aliphatic carbocycles. The van der Waals surface area contributed by atoms with Crippen molar-refractivity contribution in [2.24, 2.45) is 0 Å². The minimum atomic E-state index is -0.573. The van der Waals surface area contributed by atoms with Gasteiger partial charge in [-0.15, -0.1) is 0 Å². The van der Waals surface area contributed by atoms with Gasteiger partial charge in [0.1, 0.15) is 0 Å². The van der Waals surface area contributed by atoms with E-state index in [1.54, 1.807) is 19.1 Å². The molecule has 2 rings (SSSR count). The number of amides is 1. The molecule has 126 valence electrons. The van der Waals surface area contributed by atoms with Crippen LogP contribution in [0, 0.1) is 13.8 Å². The van der Waals surface area contributed by atoms with E-state index in [0.29, 0.717) is 10.6 Å². The molecule has 0 bridgehead atoms. The molecule has 1 amide bonds. The van der Waals surface area contributed by atoms with E-state index in [0.717, 1.165) is 11.1 Å². The molecule has 0 aromatic heterocycles. The minimum Gasteiger partial charge on any atom is -0.452 e. The van der Waals surface area contributed by atoms with Gasteiger partial charge in [0.05, 0.1) is 21.3 Å². The van der Waals surface area contributed by atoms with Crippen LogP contribution in [0.4, 0.5) is 5.69 Å². The Morgan fingerprint density at radius 2 is 1.67 bits per heavy atom. The van der Waals surface area contributed by atoms with Gasteiger partial charge in [-0.1, -0.05) is 52.5 Å². The molecule has 0 unspecified atom stereocenters. The van der Waals surface area contributed by atoms with E-state index < -0.39 is 18.5 Å². The van der Waals surface area contributed by atoms with Crippen LogP contribution in [0.25, 0.3) is 0 Å². The highest BCUT2D eigenvalue weighted by atomic mass is 35.5. The monoisotopic (exact) mass is 385 g/mol. The van der Waals surface area contributed by atoms with E-state index in [-0.39, 0.29) is 15.7 Å². The zero-order valence-electron chi connectivity index (χ0n) is 13.0. The summed E-state index contributed by atoms with van der Waals surface area (Å²) in [6.45, 7) is 3.27. The lowest BCUT2D eigenvalue weighted by Gasteiger charge is -2.11. The first kappa shape index (κ1) is 18.6. The molecule has 0 radical (unpaired) electrons. The number of aryl methyl sites for hydroxylation is 2. The zero-order chi connectivity index (χ0) is 17.9. The van der Waals surface area contributed by atoms with Crippen molar-refractivity contribution in [1.29, 1.82) is 0 Å². The van der Waals surface area contributed by atoms with Gasteiger partial charge in [-0.25, -0.2) is 4.79 Å². The molecule has 2 aromatic rings. The Morgan fingerprint density at radius 3 is 2.25 bits per heavy atom. The summed E-state index contributed by atoms with van der Waals surface area (Å²) in [7, 11) is 0. The van der Waals surface area contributed by atoms with Gasteiger partial charge < -0.3 is 10.1 Å². The van der Waals surface area contributed by atoms with E-state index >= 15 is 0 Å². The molecule has 0 fully saturated rings. The van der Waals surface area contributed by atoms with Crippen LogP contribution in [-0.2, 0) is 9.53 Å². The van der Waals surface area contributed by atoms with E-state index in [1.165, 1.54) is 12.1 Å². The van der Waals surface area contributed by atoms with Crippen molar-refractivity contribution in [3.63, 3.8) is 0 Å². The smallest absolute Gasteiger partial charge is 0.338 e. The summed E-state index contributed by atoms with van der Waals surface area (Å²) in [5.41, 5.74) is 2.45. The molecular weight excluding hydrogens is 373 g/mol. The lowest BCUT2D eigenvalue weighted by Crippen LogP contribution is -2.21. The third kappa shape index (κ3) is 4.63. The molecule has 24 heavy (non-hydrogen) atoms. The molecule has 0 atom stereocenters. The zero-order valence-corrected chi connectivity index (χ0v) is 15.2. The Morgan fingerprint density at radius 1 is 1.04 bits per heavy atom. The second kappa shape index (κ2) is 7.88. The number of hydrogen-bond donors (Lipinski definition) is 1. The molecular formula is C17H14Cl3NO3. The summed E-state index contributed by atoms with van der Waals surface area (Å²) >= 11 is 17.8. The van der Waals surface area contributed by atoms with E-state index in [2.05, 4.69) is 5.32 Å². The summed E-state index contributed by atoms with van der Waals surface area (Å²) in [5.74, 6) is -1.13. The van der Waals surface area contributed by atoms with Crippen LogP contribution in [0.3, 0.4) is 0 Å². The van der Waals surface area contributed by atoms with Crippen LogP contribution < -0.4 is 5.32 Å². The predicted molar refractivity (Wildman–Crippen MR) is 96.3 cm³/mol. The summed E-state index contributed by atoms with van der Waals surface area (Å²) in [4.78, 5) is 24.0. The highest BCUT2D eigenvalue weighted by molar-refractivity contribution is 6.42. The summed E-state index contributed by atoms with van der Waals surface area (Å²) in [6.07, 6.45) is 0. The number of carbonyl (C=O) groups excluding carboxylic acids is 2. The number of anilines is 1. The second-order valence-corrected chi connectivity index (χ2v) is 6.44. The molecule has 1 N–H and O–H groups in total. The molecule has 0 saturated carbocycles. The topological polar surface area (TPSA) is 55.4 Å². The summed E-state index contributed by atoms with van der Waals surface area (Å²) in [6, 6.07) is 8.23. The number of esters is 1. The van der Waals surface area contributed by atoms with E-state index in [4.69, 9.17) is 39.5 Å². The molecule has 2 aromatic carbocycles. The Kier molecular flexibility index (Phi) is 6.10.